The molecule has 0 spiro atoms. The zero-order valence-corrected chi connectivity index (χ0v) is 14.9. The van der Waals surface area contributed by atoms with Crippen molar-refractivity contribution in [2.75, 3.05) is 26.2 Å². The number of hydrogen-bond donors (Lipinski definition) is 0. The molecule has 1 aromatic rings. The van der Waals surface area contributed by atoms with Crippen LogP contribution >= 0.6 is 6.49 Å². The van der Waals surface area contributed by atoms with Crippen LogP contribution in [0.5, 0.6) is 0 Å². The van der Waals surface area contributed by atoms with E-state index in [1.165, 1.54) is 0 Å². The Hall–Kier alpha value is -0.550. The normalized spacial score (nSPS) is 13.4. The fourth-order valence-electron chi connectivity index (χ4n) is 2.14. The molecule has 0 aromatic carbocycles. The van der Waals surface area contributed by atoms with Crippen molar-refractivity contribution >= 4 is 18.3 Å². The number of nitrogens with zero attached hydrogens (tertiary/aromatic N) is 5. The third kappa shape index (κ3) is 3.76. The quantitative estimate of drug-likeness (QED) is 0.723. The smallest absolute Gasteiger partial charge is 0.231 e. The van der Waals surface area contributed by atoms with Gasteiger partial charge in [0.2, 0.25) is 5.62 Å². The summed E-state index contributed by atoms with van der Waals surface area (Å²) in [4.78, 5) is 4.37. The summed E-state index contributed by atoms with van der Waals surface area (Å²) in [5.74, 6) is 0. The van der Waals surface area contributed by atoms with E-state index in [1.807, 2.05) is 23.9 Å². The fourth-order valence-corrected chi connectivity index (χ4v) is 6.25. The van der Waals surface area contributed by atoms with Crippen LogP contribution in [0.1, 0.15) is 27.7 Å². The number of aromatic nitrogens is 2. The molecule has 1 aromatic heterocycles. The van der Waals surface area contributed by atoms with E-state index < -0.39 is 6.49 Å². The van der Waals surface area contributed by atoms with E-state index in [-0.39, 0.29) is 0 Å². The van der Waals surface area contributed by atoms with E-state index >= 15 is 0 Å². The van der Waals surface area contributed by atoms with Crippen molar-refractivity contribution in [1.82, 2.24) is 18.9 Å². The zero-order valence-electron chi connectivity index (χ0n) is 13.2. The van der Waals surface area contributed by atoms with Gasteiger partial charge in [-0.15, -0.1) is 0 Å². The van der Waals surface area contributed by atoms with Crippen LogP contribution < -0.4 is 5.62 Å². The summed E-state index contributed by atoms with van der Waals surface area (Å²) < 4.78 is 11.4. The van der Waals surface area contributed by atoms with Crippen molar-refractivity contribution < 1.29 is 0 Å². The summed E-state index contributed by atoms with van der Waals surface area (Å²) in [6, 6.07) is 1.90. The van der Waals surface area contributed by atoms with E-state index in [1.54, 1.807) is 6.20 Å². The highest BCUT2D eigenvalue weighted by atomic mass is 32.4. The lowest BCUT2D eigenvalue weighted by atomic mass is 10.7. The highest BCUT2D eigenvalue weighted by molar-refractivity contribution is 8.11. The van der Waals surface area contributed by atoms with Gasteiger partial charge in [-0.05, 0) is 17.9 Å². The molecule has 0 amide bonds. The Morgan fingerprint density at radius 3 is 2.05 bits per heavy atom. The van der Waals surface area contributed by atoms with E-state index in [0.29, 0.717) is 5.62 Å². The van der Waals surface area contributed by atoms with Crippen LogP contribution in [0.25, 0.3) is 0 Å². The Labute approximate surface area is 127 Å². The van der Waals surface area contributed by atoms with Crippen molar-refractivity contribution in [1.29, 1.82) is 0 Å². The molecule has 0 saturated carbocycles. The van der Waals surface area contributed by atoms with Crippen LogP contribution in [-0.4, -0.2) is 45.1 Å². The van der Waals surface area contributed by atoms with E-state index in [9.17, 15) is 0 Å². The number of rotatable bonds is 7. The maximum Gasteiger partial charge on any atom is 0.231 e. The summed E-state index contributed by atoms with van der Waals surface area (Å²) in [7, 11) is 1.95. The average molecular weight is 315 g/mol. The SMILES string of the molecule is CCN(CC)P(=S)(/N=c1\ncccn1C)N(CC)CC. The maximum absolute atomic E-state index is 6.03. The third-order valence-corrected chi connectivity index (χ3v) is 7.99. The number of hydrogen-bond acceptors (Lipinski definition) is 2. The molecule has 0 fully saturated rings. The van der Waals surface area contributed by atoms with Gasteiger partial charge in [0, 0.05) is 45.6 Å². The topological polar surface area (TPSA) is 36.7 Å². The molecule has 5 nitrogen and oxygen atoms in total. The predicted octanol–water partition coefficient (Wildman–Crippen LogP) is 2.23. The van der Waals surface area contributed by atoms with Gasteiger partial charge in [-0.25, -0.2) is 14.3 Å². The van der Waals surface area contributed by atoms with Gasteiger partial charge in [-0.1, -0.05) is 27.7 Å². The van der Waals surface area contributed by atoms with Crippen molar-refractivity contribution in [2.24, 2.45) is 11.8 Å². The van der Waals surface area contributed by atoms with Crippen molar-refractivity contribution in [3.63, 3.8) is 0 Å². The van der Waals surface area contributed by atoms with Crippen LogP contribution in [0.2, 0.25) is 0 Å². The molecule has 0 aliphatic carbocycles. The van der Waals surface area contributed by atoms with Crippen LogP contribution in [0.4, 0.5) is 0 Å². The first kappa shape index (κ1) is 17.5. The predicted molar refractivity (Wildman–Crippen MR) is 88.9 cm³/mol. The van der Waals surface area contributed by atoms with Crippen molar-refractivity contribution in [3.8, 4) is 0 Å². The number of aryl methyl sites for hydroxylation is 1. The molecule has 7 heteroatoms. The first-order chi connectivity index (χ1) is 9.53. The minimum Gasteiger partial charge on any atom is -0.320 e. The van der Waals surface area contributed by atoms with E-state index in [2.05, 4.69) is 42.0 Å². The molecular formula is C13H26N5PS. The molecule has 20 heavy (non-hydrogen) atoms. The third-order valence-electron chi connectivity index (χ3n) is 3.32. The second-order valence-corrected chi connectivity index (χ2v) is 8.25. The minimum atomic E-state index is -2.15. The second kappa shape index (κ2) is 8.03. The standard InChI is InChI=1S/C13H26N5PS/c1-6-17(7-2)19(20,18(8-3)9-4)15-13-14-11-10-12-16(13)5/h10-12H,6-9H2,1-5H3/b15-13+. The van der Waals surface area contributed by atoms with Gasteiger partial charge in [-0.3, -0.25) is 0 Å². The van der Waals surface area contributed by atoms with Gasteiger partial charge in [0.05, 0.1) is 0 Å². The molecule has 0 atom stereocenters. The van der Waals surface area contributed by atoms with Crippen LogP contribution in [-0.2, 0) is 18.9 Å². The van der Waals surface area contributed by atoms with E-state index in [0.717, 1.165) is 26.2 Å². The zero-order chi connectivity index (χ0) is 15.2. The summed E-state index contributed by atoms with van der Waals surface area (Å²) >= 11 is 6.03. The highest BCUT2D eigenvalue weighted by Gasteiger charge is 2.28. The minimum absolute atomic E-state index is 0.703. The Kier molecular flexibility index (Phi) is 7.03. The summed E-state index contributed by atoms with van der Waals surface area (Å²) in [5.41, 5.74) is 0.703. The summed E-state index contributed by atoms with van der Waals surface area (Å²) in [6.45, 7) is 10.0. The molecule has 0 bridgehead atoms. The average Bonchev–Trinajstić information content (AvgIpc) is 2.44. The largest absolute Gasteiger partial charge is 0.320 e. The fraction of sp³-hybridized carbons (Fsp3) is 0.692. The summed E-state index contributed by atoms with van der Waals surface area (Å²) in [5, 5.41) is 0. The summed E-state index contributed by atoms with van der Waals surface area (Å²) in [6.07, 6.45) is 3.72. The molecular weight excluding hydrogens is 289 g/mol. The second-order valence-electron chi connectivity index (χ2n) is 4.42. The highest BCUT2D eigenvalue weighted by Crippen LogP contribution is 2.53. The lowest BCUT2D eigenvalue weighted by Crippen LogP contribution is -2.33. The molecule has 1 heterocycles. The van der Waals surface area contributed by atoms with Gasteiger partial charge >= 0.3 is 0 Å². The van der Waals surface area contributed by atoms with Crippen molar-refractivity contribution in [2.45, 2.75) is 27.7 Å². The molecule has 0 radical (unpaired) electrons. The molecule has 0 saturated heterocycles. The Bertz CT molecular complexity index is 503. The Morgan fingerprint density at radius 1 is 1.15 bits per heavy atom. The van der Waals surface area contributed by atoms with E-state index in [4.69, 9.17) is 16.6 Å². The Balaban J connectivity index is 3.43. The molecule has 0 aliphatic rings. The molecule has 114 valence electrons. The molecule has 0 N–H and O–H groups in total. The molecule has 0 unspecified atom stereocenters. The van der Waals surface area contributed by atoms with Gasteiger partial charge < -0.3 is 4.57 Å². The maximum atomic E-state index is 6.03. The monoisotopic (exact) mass is 315 g/mol. The molecule has 0 aliphatic heterocycles. The Morgan fingerprint density at radius 2 is 1.65 bits per heavy atom. The molecule has 1 rings (SSSR count). The lowest BCUT2D eigenvalue weighted by Gasteiger charge is -2.37. The van der Waals surface area contributed by atoms with Crippen LogP contribution in [0.15, 0.2) is 23.2 Å². The first-order valence-corrected chi connectivity index (χ1v) is 9.84. The van der Waals surface area contributed by atoms with Gasteiger partial charge in [0.25, 0.3) is 0 Å². The van der Waals surface area contributed by atoms with Gasteiger partial charge in [-0.2, -0.15) is 4.76 Å². The van der Waals surface area contributed by atoms with Crippen molar-refractivity contribution in [3.05, 3.63) is 24.1 Å². The van der Waals surface area contributed by atoms with Gasteiger partial charge in [0.1, 0.15) is 0 Å². The first-order valence-electron chi connectivity index (χ1n) is 7.18. The van der Waals surface area contributed by atoms with Crippen LogP contribution in [0, 0.1) is 0 Å². The van der Waals surface area contributed by atoms with Gasteiger partial charge in [0.15, 0.2) is 6.49 Å². The lowest BCUT2D eigenvalue weighted by molar-refractivity contribution is 0.420. The van der Waals surface area contributed by atoms with Crippen LogP contribution in [0.3, 0.4) is 0 Å².